The number of nitrogens with one attached hydrogen (secondary N) is 1. The van der Waals surface area contributed by atoms with Gasteiger partial charge in [-0.2, -0.15) is 26.3 Å². The van der Waals surface area contributed by atoms with Crippen LogP contribution in [0.15, 0.2) is 36.0 Å². The molecular formula is C17H19F6NO. The number of allylic oxidation sites excluding steroid dienone is 2. The van der Waals surface area contributed by atoms with Gasteiger partial charge >= 0.3 is 12.4 Å². The maximum atomic E-state index is 12.8. The fourth-order valence-corrected chi connectivity index (χ4v) is 2.07. The Kier molecular flexibility index (Phi) is 7.51. The number of benzene rings is 1. The molecule has 140 valence electrons. The Labute approximate surface area is 141 Å². The molecular weight excluding hydrogens is 348 g/mol. The lowest BCUT2D eigenvalue weighted by molar-refractivity contribution is -0.165. The number of carbonyl (C=O) groups excluding carboxylic acids is 1. The molecule has 0 radical (unpaired) electrons. The van der Waals surface area contributed by atoms with E-state index in [1.165, 1.54) is 12.1 Å². The minimum Gasteiger partial charge on any atom is -0.351 e. The van der Waals surface area contributed by atoms with E-state index in [2.05, 4.69) is 6.92 Å². The Hall–Kier alpha value is -1.99. The molecule has 0 aliphatic carbocycles. The number of hydrogen-bond acceptors (Lipinski definition) is 2. The third kappa shape index (κ3) is 7.62. The number of rotatable bonds is 8. The predicted molar refractivity (Wildman–Crippen MR) is 83.1 cm³/mol. The molecule has 0 aliphatic heterocycles. The van der Waals surface area contributed by atoms with Gasteiger partial charge in [0.1, 0.15) is 5.70 Å². The van der Waals surface area contributed by atoms with E-state index in [0.29, 0.717) is 0 Å². The number of unbranched alkanes of at least 4 members (excludes halogenated alkanes) is 3. The van der Waals surface area contributed by atoms with Crippen LogP contribution in [0.5, 0.6) is 0 Å². The highest BCUT2D eigenvalue weighted by Crippen LogP contribution is 2.29. The Bertz CT molecular complexity index is 587. The van der Waals surface area contributed by atoms with Gasteiger partial charge in [0.05, 0.1) is 0 Å². The van der Waals surface area contributed by atoms with Gasteiger partial charge in [-0.3, -0.25) is 4.79 Å². The molecule has 0 fully saturated rings. The Morgan fingerprint density at radius 3 is 2.04 bits per heavy atom. The lowest BCUT2D eigenvalue weighted by Gasteiger charge is -2.15. The molecule has 0 amide bonds. The second-order valence-corrected chi connectivity index (χ2v) is 5.55. The highest BCUT2D eigenvalue weighted by Gasteiger charge is 2.41. The van der Waals surface area contributed by atoms with Gasteiger partial charge in [0, 0.05) is 11.8 Å². The monoisotopic (exact) mass is 367 g/mol. The number of aryl methyl sites for hydroxylation is 1. The van der Waals surface area contributed by atoms with Crippen LogP contribution in [0.25, 0.3) is 0 Å². The van der Waals surface area contributed by atoms with Crippen LogP contribution in [0.4, 0.5) is 32.0 Å². The van der Waals surface area contributed by atoms with Crippen molar-refractivity contribution in [3.8, 4) is 0 Å². The molecule has 0 aromatic heterocycles. The number of ketones is 1. The average Bonchev–Trinajstić information content (AvgIpc) is 2.50. The maximum absolute atomic E-state index is 12.8. The number of alkyl halides is 6. The van der Waals surface area contributed by atoms with Crippen molar-refractivity contribution in [2.24, 2.45) is 0 Å². The van der Waals surface area contributed by atoms with E-state index in [0.717, 1.165) is 37.7 Å². The van der Waals surface area contributed by atoms with E-state index in [9.17, 15) is 31.1 Å². The molecule has 0 unspecified atom stereocenters. The molecule has 1 N–H and O–H groups in total. The summed E-state index contributed by atoms with van der Waals surface area (Å²) in [5.74, 6) is -2.57. The molecule has 2 nitrogen and oxygen atoms in total. The minimum atomic E-state index is -5.36. The van der Waals surface area contributed by atoms with Crippen molar-refractivity contribution in [1.29, 1.82) is 0 Å². The summed E-state index contributed by atoms with van der Waals surface area (Å²) in [6.45, 7) is 2.08. The van der Waals surface area contributed by atoms with Gasteiger partial charge in [-0.25, -0.2) is 0 Å². The fourth-order valence-electron chi connectivity index (χ4n) is 2.07. The van der Waals surface area contributed by atoms with Gasteiger partial charge in [-0.15, -0.1) is 0 Å². The Balaban J connectivity index is 2.81. The van der Waals surface area contributed by atoms with Crippen molar-refractivity contribution >= 4 is 11.5 Å². The van der Waals surface area contributed by atoms with E-state index in [1.807, 2.05) is 5.32 Å². The molecule has 25 heavy (non-hydrogen) atoms. The molecule has 0 spiro atoms. The zero-order valence-corrected chi connectivity index (χ0v) is 13.6. The zero-order valence-electron chi connectivity index (χ0n) is 13.6. The lowest BCUT2D eigenvalue weighted by atomic mass is 10.1. The first-order valence-electron chi connectivity index (χ1n) is 7.80. The third-order valence-corrected chi connectivity index (χ3v) is 3.41. The molecule has 0 bridgehead atoms. The topological polar surface area (TPSA) is 29.1 Å². The summed E-state index contributed by atoms with van der Waals surface area (Å²) in [5.41, 5.74) is -0.882. The van der Waals surface area contributed by atoms with E-state index < -0.39 is 29.9 Å². The summed E-state index contributed by atoms with van der Waals surface area (Å²) in [6.07, 6.45) is -5.97. The molecule has 8 heteroatoms. The average molecular weight is 367 g/mol. The summed E-state index contributed by atoms with van der Waals surface area (Å²) in [5, 5.41) is 1.84. The van der Waals surface area contributed by atoms with Crippen molar-refractivity contribution in [3.63, 3.8) is 0 Å². The maximum Gasteiger partial charge on any atom is 0.454 e. The van der Waals surface area contributed by atoms with Crippen LogP contribution in [-0.4, -0.2) is 18.1 Å². The fraction of sp³-hybridized carbons (Fsp3) is 0.471. The standard InChI is InChI=1S/C17H19F6NO/c1-2-3-4-5-6-12-7-9-13(10-8-12)24-14(16(18,19)20)11-15(25)17(21,22)23/h7-11,24H,2-6H2,1H3. The number of halogens is 6. The first-order valence-corrected chi connectivity index (χ1v) is 7.80. The van der Waals surface area contributed by atoms with Gasteiger partial charge in [-0.05, 0) is 30.5 Å². The van der Waals surface area contributed by atoms with E-state index in [-0.39, 0.29) is 5.69 Å². The second kappa shape index (κ2) is 8.92. The predicted octanol–water partition coefficient (Wildman–Crippen LogP) is 5.80. The van der Waals surface area contributed by atoms with Crippen molar-refractivity contribution < 1.29 is 31.1 Å². The molecule has 1 rings (SSSR count). The van der Waals surface area contributed by atoms with Crippen LogP contribution in [0.2, 0.25) is 0 Å². The first-order chi connectivity index (χ1) is 11.5. The SMILES string of the molecule is CCCCCCc1ccc(NC(=CC(=O)C(F)(F)F)C(F)(F)F)cc1. The van der Waals surface area contributed by atoms with E-state index in [1.54, 1.807) is 12.1 Å². The first kappa shape index (κ1) is 21.1. The van der Waals surface area contributed by atoms with Gasteiger partial charge in [0.2, 0.25) is 0 Å². The van der Waals surface area contributed by atoms with Crippen molar-refractivity contribution in [2.45, 2.75) is 51.4 Å². The summed E-state index contributed by atoms with van der Waals surface area (Å²) >= 11 is 0. The summed E-state index contributed by atoms with van der Waals surface area (Å²) < 4.78 is 75.0. The van der Waals surface area contributed by atoms with Crippen molar-refractivity contribution in [2.75, 3.05) is 5.32 Å². The lowest BCUT2D eigenvalue weighted by Crippen LogP contribution is -2.26. The van der Waals surface area contributed by atoms with Gasteiger partial charge in [0.15, 0.2) is 0 Å². The highest BCUT2D eigenvalue weighted by atomic mass is 19.4. The van der Waals surface area contributed by atoms with Crippen LogP contribution in [0.1, 0.15) is 38.2 Å². The van der Waals surface area contributed by atoms with Gasteiger partial charge in [-0.1, -0.05) is 38.3 Å². The van der Waals surface area contributed by atoms with Crippen LogP contribution in [0, 0.1) is 0 Å². The molecule has 1 aromatic rings. The summed E-state index contributed by atoms with van der Waals surface area (Å²) in [6, 6.07) is 5.89. The van der Waals surface area contributed by atoms with Gasteiger partial charge in [0.25, 0.3) is 5.78 Å². The normalized spacial score (nSPS) is 13.0. The minimum absolute atomic E-state index is 0.0455. The highest BCUT2D eigenvalue weighted by molar-refractivity contribution is 5.95. The summed E-state index contributed by atoms with van der Waals surface area (Å²) in [7, 11) is 0. The molecule has 0 aliphatic rings. The van der Waals surface area contributed by atoms with Crippen molar-refractivity contribution in [3.05, 3.63) is 41.6 Å². The summed E-state index contributed by atoms with van der Waals surface area (Å²) in [4.78, 5) is 10.8. The zero-order chi connectivity index (χ0) is 19.1. The molecule has 1 aromatic carbocycles. The molecule has 0 saturated heterocycles. The van der Waals surface area contributed by atoms with Crippen molar-refractivity contribution in [1.82, 2.24) is 0 Å². The number of anilines is 1. The second-order valence-electron chi connectivity index (χ2n) is 5.55. The van der Waals surface area contributed by atoms with E-state index >= 15 is 0 Å². The van der Waals surface area contributed by atoms with Crippen LogP contribution in [0.3, 0.4) is 0 Å². The van der Waals surface area contributed by atoms with Crippen LogP contribution < -0.4 is 5.32 Å². The number of hydrogen-bond donors (Lipinski definition) is 1. The van der Waals surface area contributed by atoms with Gasteiger partial charge < -0.3 is 5.32 Å². The third-order valence-electron chi connectivity index (χ3n) is 3.41. The Morgan fingerprint density at radius 2 is 1.56 bits per heavy atom. The smallest absolute Gasteiger partial charge is 0.351 e. The van der Waals surface area contributed by atoms with Crippen LogP contribution >= 0.6 is 0 Å². The quantitative estimate of drug-likeness (QED) is 0.357. The van der Waals surface area contributed by atoms with E-state index in [4.69, 9.17) is 0 Å². The number of carbonyl (C=O) groups is 1. The largest absolute Gasteiger partial charge is 0.454 e. The Morgan fingerprint density at radius 1 is 0.960 bits per heavy atom. The molecule has 0 atom stereocenters. The molecule has 0 saturated carbocycles. The van der Waals surface area contributed by atoms with Crippen LogP contribution in [-0.2, 0) is 11.2 Å². The molecule has 0 heterocycles.